The van der Waals surface area contributed by atoms with E-state index in [9.17, 15) is 24.8 Å². The normalized spacial score (nSPS) is 11.7. The van der Waals surface area contributed by atoms with Crippen LogP contribution in [0.3, 0.4) is 0 Å². The summed E-state index contributed by atoms with van der Waals surface area (Å²) in [6.45, 7) is 3.46. The van der Waals surface area contributed by atoms with Crippen LogP contribution >= 0.6 is 11.8 Å². The van der Waals surface area contributed by atoms with Crippen LogP contribution in [0.15, 0.2) is 64.5 Å². The molecule has 0 saturated heterocycles. The number of aromatic nitrogens is 2. The highest BCUT2D eigenvalue weighted by atomic mass is 32.2. The zero-order chi connectivity index (χ0) is 21.8. The Morgan fingerprint density at radius 2 is 1.87 bits per heavy atom. The second kappa shape index (κ2) is 8.78. The number of aromatic carboxylic acids is 1. The second-order valence-corrected chi connectivity index (χ2v) is 7.67. The van der Waals surface area contributed by atoms with Gasteiger partial charge in [-0.15, -0.1) is 0 Å². The van der Waals surface area contributed by atoms with E-state index in [0.29, 0.717) is 4.90 Å². The number of carboxylic acid groups (broad SMARTS) is 1. The van der Waals surface area contributed by atoms with Crippen LogP contribution in [0.1, 0.15) is 29.0 Å². The molecule has 1 amide bonds. The third-order valence-electron chi connectivity index (χ3n) is 4.26. The van der Waals surface area contributed by atoms with Crippen LogP contribution in [0.25, 0.3) is 0 Å². The molecule has 1 atom stereocenters. The van der Waals surface area contributed by atoms with Gasteiger partial charge in [-0.2, -0.15) is 5.10 Å². The molecule has 1 aromatic heterocycles. The summed E-state index contributed by atoms with van der Waals surface area (Å²) in [7, 11) is 0. The summed E-state index contributed by atoms with van der Waals surface area (Å²) in [5.41, 5.74) is 1.03. The van der Waals surface area contributed by atoms with Crippen LogP contribution in [0.2, 0.25) is 0 Å². The molecule has 0 fully saturated rings. The first-order valence-corrected chi connectivity index (χ1v) is 9.68. The lowest BCUT2D eigenvalue weighted by molar-refractivity contribution is -0.385. The Balaban J connectivity index is 1.85. The van der Waals surface area contributed by atoms with Gasteiger partial charge in [0.15, 0.2) is 0 Å². The van der Waals surface area contributed by atoms with Crippen molar-refractivity contribution in [2.75, 3.05) is 5.32 Å². The van der Waals surface area contributed by atoms with Crippen molar-refractivity contribution in [3.63, 3.8) is 0 Å². The molecule has 0 aliphatic rings. The minimum absolute atomic E-state index is 0.132. The fourth-order valence-electron chi connectivity index (χ4n) is 2.71. The number of amides is 1. The molecule has 0 bridgehead atoms. The SMILES string of the molecule is Cc1ccc(Sc2cc(NC(=O)C(C)n3nccc3C(=O)O)cc([N+](=O)[O-])c2)cc1. The molecule has 10 heteroatoms. The van der Waals surface area contributed by atoms with Crippen molar-refractivity contribution in [1.82, 2.24) is 9.78 Å². The highest BCUT2D eigenvalue weighted by Gasteiger charge is 2.22. The van der Waals surface area contributed by atoms with Crippen molar-refractivity contribution in [1.29, 1.82) is 0 Å². The molecule has 1 heterocycles. The number of carbonyl (C=O) groups is 2. The molecule has 3 aromatic rings. The maximum atomic E-state index is 12.6. The summed E-state index contributed by atoms with van der Waals surface area (Å²) in [6.07, 6.45) is 1.29. The minimum Gasteiger partial charge on any atom is -0.477 e. The Morgan fingerprint density at radius 1 is 1.17 bits per heavy atom. The van der Waals surface area contributed by atoms with Crippen LogP contribution in [0.4, 0.5) is 11.4 Å². The van der Waals surface area contributed by atoms with Gasteiger partial charge in [0.2, 0.25) is 5.91 Å². The predicted octanol–water partition coefficient (Wildman–Crippen LogP) is 4.15. The number of hydrogen-bond donors (Lipinski definition) is 2. The van der Waals surface area contributed by atoms with Gasteiger partial charge in [-0.1, -0.05) is 29.5 Å². The Labute approximate surface area is 175 Å². The highest BCUT2D eigenvalue weighted by molar-refractivity contribution is 7.99. The zero-order valence-electron chi connectivity index (χ0n) is 16.1. The number of nitrogens with zero attached hydrogens (tertiary/aromatic N) is 3. The van der Waals surface area contributed by atoms with Crippen molar-refractivity contribution in [2.45, 2.75) is 29.7 Å². The van der Waals surface area contributed by atoms with E-state index in [1.54, 1.807) is 6.07 Å². The monoisotopic (exact) mass is 426 g/mol. The highest BCUT2D eigenvalue weighted by Crippen LogP contribution is 2.33. The molecule has 1 unspecified atom stereocenters. The third kappa shape index (κ3) is 4.84. The maximum Gasteiger partial charge on any atom is 0.354 e. The van der Waals surface area contributed by atoms with Gasteiger partial charge in [-0.25, -0.2) is 9.48 Å². The van der Waals surface area contributed by atoms with Gasteiger partial charge in [-0.05, 0) is 38.1 Å². The summed E-state index contributed by atoms with van der Waals surface area (Å²) in [5.74, 6) is -1.76. The van der Waals surface area contributed by atoms with E-state index >= 15 is 0 Å². The van der Waals surface area contributed by atoms with E-state index in [2.05, 4.69) is 10.4 Å². The molecular formula is C20H18N4O5S. The zero-order valence-corrected chi connectivity index (χ0v) is 16.9. The number of anilines is 1. The average molecular weight is 426 g/mol. The number of non-ortho nitro benzene ring substituents is 1. The van der Waals surface area contributed by atoms with Gasteiger partial charge in [0.1, 0.15) is 11.7 Å². The van der Waals surface area contributed by atoms with Crippen LogP contribution in [0.5, 0.6) is 0 Å². The van der Waals surface area contributed by atoms with Gasteiger partial charge < -0.3 is 10.4 Å². The fourth-order valence-corrected chi connectivity index (χ4v) is 3.62. The molecule has 3 rings (SSSR count). The summed E-state index contributed by atoms with van der Waals surface area (Å²) >= 11 is 1.33. The first kappa shape index (κ1) is 21.1. The van der Waals surface area contributed by atoms with Crippen molar-refractivity contribution in [3.8, 4) is 0 Å². The third-order valence-corrected chi connectivity index (χ3v) is 5.24. The van der Waals surface area contributed by atoms with E-state index in [-0.39, 0.29) is 17.1 Å². The van der Waals surface area contributed by atoms with Gasteiger partial charge >= 0.3 is 5.97 Å². The van der Waals surface area contributed by atoms with Gasteiger partial charge in [0, 0.05) is 33.8 Å². The molecule has 0 spiro atoms. The topological polar surface area (TPSA) is 127 Å². The number of nitro groups is 1. The molecule has 0 aliphatic heterocycles. The predicted molar refractivity (Wildman–Crippen MR) is 111 cm³/mol. The first-order chi connectivity index (χ1) is 14.2. The Hall–Kier alpha value is -3.66. The van der Waals surface area contributed by atoms with Crippen molar-refractivity contribution < 1.29 is 19.6 Å². The largest absolute Gasteiger partial charge is 0.477 e. The average Bonchev–Trinajstić information content (AvgIpc) is 3.19. The van der Waals surface area contributed by atoms with Crippen molar-refractivity contribution >= 4 is 35.0 Å². The molecule has 0 saturated carbocycles. The minimum atomic E-state index is -1.21. The van der Waals surface area contributed by atoms with Crippen LogP contribution in [-0.2, 0) is 4.79 Å². The lowest BCUT2D eigenvalue weighted by atomic mass is 10.2. The Bertz CT molecular complexity index is 1110. The summed E-state index contributed by atoms with van der Waals surface area (Å²) in [6, 6.07) is 12.4. The van der Waals surface area contributed by atoms with Crippen LogP contribution in [0, 0.1) is 17.0 Å². The molecule has 0 aliphatic carbocycles. The van der Waals surface area contributed by atoms with Crippen LogP contribution in [-0.4, -0.2) is 31.7 Å². The molecule has 154 valence electrons. The van der Waals surface area contributed by atoms with E-state index in [0.717, 1.165) is 15.1 Å². The number of benzene rings is 2. The molecule has 2 aromatic carbocycles. The number of carbonyl (C=O) groups excluding carboxylic acids is 1. The summed E-state index contributed by atoms with van der Waals surface area (Å²) in [5, 5.41) is 27.0. The number of rotatable bonds is 7. The lowest BCUT2D eigenvalue weighted by Crippen LogP contribution is -2.26. The first-order valence-electron chi connectivity index (χ1n) is 8.86. The quantitative estimate of drug-likeness (QED) is 0.429. The second-order valence-electron chi connectivity index (χ2n) is 6.52. The van der Waals surface area contributed by atoms with Gasteiger partial charge in [0.25, 0.3) is 5.69 Å². The fraction of sp³-hybridized carbons (Fsp3) is 0.150. The van der Waals surface area contributed by atoms with Gasteiger partial charge in [0.05, 0.1) is 4.92 Å². The van der Waals surface area contributed by atoms with Crippen molar-refractivity contribution in [3.05, 3.63) is 76.1 Å². The molecule has 9 nitrogen and oxygen atoms in total. The molecular weight excluding hydrogens is 408 g/mol. The molecule has 0 radical (unpaired) electrons. The number of nitrogens with one attached hydrogen (secondary N) is 1. The van der Waals surface area contributed by atoms with E-state index < -0.39 is 22.8 Å². The number of nitro benzene ring substituents is 1. The standard InChI is InChI=1S/C20H18N4O5S/c1-12-3-5-16(6-4-12)30-17-10-14(9-15(11-17)24(28)29)22-19(25)13(2)23-18(20(26)27)7-8-21-23/h3-11,13H,1-2H3,(H,22,25)(H,26,27). The number of hydrogen-bond acceptors (Lipinski definition) is 6. The molecule has 2 N–H and O–H groups in total. The van der Waals surface area contributed by atoms with Gasteiger partial charge in [-0.3, -0.25) is 14.9 Å². The number of aryl methyl sites for hydroxylation is 1. The van der Waals surface area contributed by atoms with Crippen LogP contribution < -0.4 is 5.32 Å². The summed E-state index contributed by atoms with van der Waals surface area (Å²) in [4.78, 5) is 36.2. The maximum absolute atomic E-state index is 12.6. The smallest absolute Gasteiger partial charge is 0.354 e. The summed E-state index contributed by atoms with van der Waals surface area (Å²) < 4.78 is 1.08. The number of carboxylic acids is 1. The molecule has 30 heavy (non-hydrogen) atoms. The Kier molecular flexibility index (Phi) is 6.17. The lowest BCUT2D eigenvalue weighted by Gasteiger charge is -2.15. The van der Waals surface area contributed by atoms with E-state index in [1.165, 1.54) is 43.1 Å². The van der Waals surface area contributed by atoms with Crippen molar-refractivity contribution in [2.24, 2.45) is 0 Å². The van der Waals surface area contributed by atoms with E-state index in [4.69, 9.17) is 0 Å². The Morgan fingerprint density at radius 3 is 2.50 bits per heavy atom. The van der Waals surface area contributed by atoms with E-state index in [1.807, 2.05) is 31.2 Å².